The lowest BCUT2D eigenvalue weighted by atomic mass is 9.86. The molecule has 3 nitrogen and oxygen atoms in total. The predicted octanol–water partition coefficient (Wildman–Crippen LogP) is 6.88. The molecule has 27 heavy (non-hydrogen) atoms. The maximum atomic E-state index is 5.77. The fourth-order valence-corrected chi connectivity index (χ4v) is 2.95. The number of benzene rings is 2. The molecule has 0 radical (unpaired) electrons. The molecule has 0 atom stereocenters. The second-order valence-electron chi connectivity index (χ2n) is 7.98. The third kappa shape index (κ3) is 5.00. The first-order valence-corrected chi connectivity index (χ1v) is 9.78. The van der Waals surface area contributed by atoms with E-state index in [0.29, 0.717) is 0 Å². The van der Waals surface area contributed by atoms with Crippen molar-refractivity contribution in [3.63, 3.8) is 0 Å². The van der Waals surface area contributed by atoms with E-state index in [9.17, 15) is 0 Å². The zero-order valence-electron chi connectivity index (χ0n) is 16.8. The van der Waals surface area contributed by atoms with Crippen molar-refractivity contribution in [3.05, 3.63) is 60.2 Å². The molecular weight excluding hydrogens is 334 g/mol. The summed E-state index contributed by atoms with van der Waals surface area (Å²) in [5, 5.41) is 4.24. The first-order chi connectivity index (χ1) is 13.0. The number of unbranched alkanes of at least 4 members (excludes halogenated alkanes) is 2. The topological polar surface area (TPSA) is 35.3 Å². The van der Waals surface area contributed by atoms with Gasteiger partial charge in [-0.25, -0.2) is 0 Å². The van der Waals surface area contributed by atoms with Crippen molar-refractivity contribution in [2.24, 2.45) is 0 Å². The first kappa shape index (κ1) is 19.2. The quantitative estimate of drug-likeness (QED) is 0.429. The molecule has 3 heteroatoms. The zero-order chi connectivity index (χ0) is 19.3. The monoisotopic (exact) mass is 363 g/mol. The van der Waals surface area contributed by atoms with Gasteiger partial charge in [-0.2, -0.15) is 0 Å². The number of rotatable bonds is 7. The smallest absolute Gasteiger partial charge is 0.167 e. The number of aromatic nitrogens is 1. The van der Waals surface area contributed by atoms with Gasteiger partial charge in [-0.3, -0.25) is 0 Å². The van der Waals surface area contributed by atoms with E-state index >= 15 is 0 Å². The highest BCUT2D eigenvalue weighted by Crippen LogP contribution is 2.29. The Labute approximate surface area is 162 Å². The van der Waals surface area contributed by atoms with Crippen LogP contribution in [0.2, 0.25) is 0 Å². The van der Waals surface area contributed by atoms with Crippen LogP contribution < -0.4 is 4.74 Å². The van der Waals surface area contributed by atoms with Crippen LogP contribution in [0.4, 0.5) is 0 Å². The van der Waals surface area contributed by atoms with Crippen molar-refractivity contribution in [2.45, 2.75) is 52.4 Å². The third-order valence-electron chi connectivity index (χ3n) is 4.71. The van der Waals surface area contributed by atoms with E-state index in [-0.39, 0.29) is 5.41 Å². The van der Waals surface area contributed by atoms with Crippen LogP contribution in [0.25, 0.3) is 22.6 Å². The highest BCUT2D eigenvalue weighted by Gasteiger charge is 2.14. The molecule has 0 aliphatic rings. The van der Waals surface area contributed by atoms with Gasteiger partial charge in [-0.05, 0) is 41.7 Å². The van der Waals surface area contributed by atoms with Gasteiger partial charge in [0.25, 0.3) is 0 Å². The van der Waals surface area contributed by atoms with Crippen LogP contribution in [0.5, 0.6) is 5.75 Å². The van der Waals surface area contributed by atoms with E-state index < -0.39 is 0 Å². The molecule has 0 aliphatic heterocycles. The molecule has 1 aromatic heterocycles. The molecule has 0 unspecified atom stereocenters. The Morgan fingerprint density at radius 2 is 1.56 bits per heavy atom. The van der Waals surface area contributed by atoms with Gasteiger partial charge in [0.1, 0.15) is 11.4 Å². The molecule has 0 fully saturated rings. The van der Waals surface area contributed by atoms with Crippen LogP contribution in [0, 0.1) is 0 Å². The van der Waals surface area contributed by atoms with Gasteiger partial charge >= 0.3 is 0 Å². The van der Waals surface area contributed by atoms with E-state index in [1.807, 2.05) is 30.3 Å². The molecule has 0 bridgehead atoms. The summed E-state index contributed by atoms with van der Waals surface area (Å²) in [4.78, 5) is 0. The average Bonchev–Trinajstić information content (AvgIpc) is 3.15. The number of ether oxygens (including phenoxy) is 1. The molecule has 3 aromatic rings. The molecule has 142 valence electrons. The lowest BCUT2D eigenvalue weighted by Crippen LogP contribution is -2.10. The lowest BCUT2D eigenvalue weighted by molar-refractivity contribution is 0.306. The van der Waals surface area contributed by atoms with Crippen LogP contribution in [-0.2, 0) is 5.41 Å². The molecule has 0 N–H and O–H groups in total. The summed E-state index contributed by atoms with van der Waals surface area (Å²) >= 11 is 0. The first-order valence-electron chi connectivity index (χ1n) is 9.78. The molecule has 0 saturated heterocycles. The predicted molar refractivity (Wildman–Crippen MR) is 111 cm³/mol. The van der Waals surface area contributed by atoms with Crippen molar-refractivity contribution >= 4 is 0 Å². The number of hydrogen-bond acceptors (Lipinski definition) is 3. The van der Waals surface area contributed by atoms with E-state index in [0.717, 1.165) is 41.4 Å². The van der Waals surface area contributed by atoms with Gasteiger partial charge in [0.2, 0.25) is 0 Å². The van der Waals surface area contributed by atoms with Gasteiger partial charge in [0.05, 0.1) is 6.61 Å². The maximum Gasteiger partial charge on any atom is 0.167 e. The Morgan fingerprint density at radius 3 is 2.19 bits per heavy atom. The summed E-state index contributed by atoms with van der Waals surface area (Å²) in [7, 11) is 0. The second-order valence-corrected chi connectivity index (χ2v) is 7.98. The van der Waals surface area contributed by atoms with Crippen LogP contribution in [0.15, 0.2) is 59.1 Å². The standard InChI is InChI=1S/C24H29NO2/c1-5-6-7-16-26-21-14-10-19(11-15-21)23-17-22(25-27-23)18-8-12-20(13-9-18)24(2,3)4/h8-15,17H,5-7,16H2,1-4H3. The Morgan fingerprint density at radius 1 is 0.889 bits per heavy atom. The van der Waals surface area contributed by atoms with Gasteiger partial charge in [0, 0.05) is 17.2 Å². The third-order valence-corrected chi connectivity index (χ3v) is 4.71. The van der Waals surface area contributed by atoms with Gasteiger partial charge in [-0.1, -0.05) is 70.0 Å². The van der Waals surface area contributed by atoms with Crippen LogP contribution in [0.1, 0.15) is 52.5 Å². The SMILES string of the molecule is CCCCCOc1ccc(-c2cc(-c3ccc(C(C)(C)C)cc3)no2)cc1. The van der Waals surface area contributed by atoms with Crippen molar-refractivity contribution in [3.8, 4) is 28.3 Å². The molecular formula is C24H29NO2. The lowest BCUT2D eigenvalue weighted by Gasteiger charge is -2.18. The molecule has 1 heterocycles. The molecule has 0 saturated carbocycles. The van der Waals surface area contributed by atoms with E-state index in [2.05, 4.69) is 57.1 Å². The Kier molecular flexibility index (Phi) is 6.00. The van der Waals surface area contributed by atoms with Crippen LogP contribution in [-0.4, -0.2) is 11.8 Å². The van der Waals surface area contributed by atoms with Gasteiger partial charge in [-0.15, -0.1) is 0 Å². The van der Waals surface area contributed by atoms with Gasteiger partial charge < -0.3 is 9.26 Å². The molecule has 0 spiro atoms. The van der Waals surface area contributed by atoms with Crippen molar-refractivity contribution in [1.82, 2.24) is 5.16 Å². The molecule has 2 aromatic carbocycles. The molecule has 0 amide bonds. The minimum Gasteiger partial charge on any atom is -0.494 e. The normalized spacial score (nSPS) is 11.6. The summed E-state index contributed by atoms with van der Waals surface area (Å²) in [5.41, 5.74) is 4.37. The summed E-state index contributed by atoms with van der Waals surface area (Å²) in [5.74, 6) is 1.66. The second kappa shape index (κ2) is 8.43. The van der Waals surface area contributed by atoms with E-state index in [4.69, 9.17) is 9.26 Å². The fraction of sp³-hybridized carbons (Fsp3) is 0.375. The average molecular weight is 364 g/mol. The largest absolute Gasteiger partial charge is 0.494 e. The summed E-state index contributed by atoms with van der Waals surface area (Å²) in [6, 6.07) is 18.5. The van der Waals surface area contributed by atoms with Crippen molar-refractivity contribution in [2.75, 3.05) is 6.61 Å². The zero-order valence-corrected chi connectivity index (χ0v) is 16.8. The number of hydrogen-bond donors (Lipinski definition) is 0. The van der Waals surface area contributed by atoms with E-state index in [1.165, 1.54) is 18.4 Å². The summed E-state index contributed by atoms with van der Waals surface area (Å²) < 4.78 is 11.3. The van der Waals surface area contributed by atoms with Gasteiger partial charge in [0.15, 0.2) is 5.76 Å². The van der Waals surface area contributed by atoms with Crippen molar-refractivity contribution < 1.29 is 9.26 Å². The van der Waals surface area contributed by atoms with E-state index in [1.54, 1.807) is 0 Å². The maximum absolute atomic E-state index is 5.77. The van der Waals surface area contributed by atoms with Crippen LogP contribution >= 0.6 is 0 Å². The Bertz CT molecular complexity index is 839. The minimum atomic E-state index is 0.147. The fourth-order valence-electron chi connectivity index (χ4n) is 2.95. The summed E-state index contributed by atoms with van der Waals surface area (Å²) in [6.45, 7) is 9.61. The Hall–Kier alpha value is -2.55. The molecule has 3 rings (SSSR count). The van der Waals surface area contributed by atoms with Crippen molar-refractivity contribution in [1.29, 1.82) is 0 Å². The minimum absolute atomic E-state index is 0.147. The van der Waals surface area contributed by atoms with Crippen LogP contribution in [0.3, 0.4) is 0 Å². The molecule has 0 aliphatic carbocycles. The Balaban J connectivity index is 1.68. The highest BCUT2D eigenvalue weighted by atomic mass is 16.5. The highest BCUT2D eigenvalue weighted by molar-refractivity contribution is 5.67. The summed E-state index contributed by atoms with van der Waals surface area (Å²) in [6.07, 6.45) is 3.50. The number of nitrogens with zero attached hydrogens (tertiary/aromatic N) is 1.